The molecule has 1 saturated carbocycles. The first kappa shape index (κ1) is 25.8. The number of fused-ring (bicyclic) bond motifs is 1. The van der Waals surface area contributed by atoms with E-state index in [9.17, 15) is 18.0 Å². The van der Waals surface area contributed by atoms with E-state index in [1.807, 2.05) is 4.68 Å². The molecule has 0 unspecified atom stereocenters. The van der Waals surface area contributed by atoms with Gasteiger partial charge in [0.25, 0.3) is 5.91 Å². The summed E-state index contributed by atoms with van der Waals surface area (Å²) in [6, 6.07) is 5.46. The molecular weight excluding hydrogens is 507 g/mol. The number of halogens is 4. The van der Waals surface area contributed by atoms with Gasteiger partial charge in [0, 0.05) is 54.1 Å². The maximum absolute atomic E-state index is 13.5. The van der Waals surface area contributed by atoms with Crippen LogP contribution < -0.4 is 10.6 Å². The number of alkyl halides is 3. The fourth-order valence-electron chi connectivity index (χ4n) is 5.18. The quantitative estimate of drug-likeness (QED) is 0.424. The zero-order valence-corrected chi connectivity index (χ0v) is 21.0. The summed E-state index contributed by atoms with van der Waals surface area (Å²) in [5, 5.41) is 11.7. The van der Waals surface area contributed by atoms with Gasteiger partial charge in [-0.1, -0.05) is 11.6 Å². The highest BCUT2D eigenvalue weighted by atomic mass is 35.5. The van der Waals surface area contributed by atoms with Crippen LogP contribution in [0.1, 0.15) is 54.6 Å². The van der Waals surface area contributed by atoms with Gasteiger partial charge in [0.05, 0.1) is 17.3 Å². The van der Waals surface area contributed by atoms with Crippen LogP contribution in [-0.4, -0.2) is 46.0 Å². The van der Waals surface area contributed by atoms with Crippen molar-refractivity contribution in [1.82, 2.24) is 20.1 Å². The van der Waals surface area contributed by atoms with Crippen molar-refractivity contribution in [1.29, 1.82) is 0 Å². The minimum Gasteiger partial charge on any atom is -0.382 e. The normalized spacial score (nSPS) is 21.2. The second kappa shape index (κ2) is 10.9. The largest absolute Gasteiger partial charge is 0.433 e. The summed E-state index contributed by atoms with van der Waals surface area (Å²) in [7, 11) is 0. The molecule has 2 fully saturated rings. The van der Waals surface area contributed by atoms with Gasteiger partial charge in [-0.05, 0) is 68.7 Å². The second-order valence-corrected chi connectivity index (χ2v) is 10.3. The van der Waals surface area contributed by atoms with Crippen LogP contribution >= 0.6 is 11.6 Å². The maximum Gasteiger partial charge on any atom is 0.433 e. The molecule has 7 nitrogen and oxygen atoms in total. The molecule has 3 aromatic rings. The van der Waals surface area contributed by atoms with E-state index in [4.69, 9.17) is 16.3 Å². The number of hydrogen-bond donors (Lipinski definition) is 2. The third-order valence-electron chi connectivity index (χ3n) is 7.11. The molecule has 1 saturated heterocycles. The third kappa shape index (κ3) is 6.35. The molecule has 1 amide bonds. The summed E-state index contributed by atoms with van der Waals surface area (Å²) >= 11 is 6.12. The number of carbonyl (C=O) groups excluding carboxylic acids is 1. The molecule has 3 heterocycles. The first-order valence-corrected chi connectivity index (χ1v) is 13.0. The van der Waals surface area contributed by atoms with Crippen molar-refractivity contribution >= 4 is 34.1 Å². The smallest absolute Gasteiger partial charge is 0.382 e. The lowest BCUT2D eigenvalue weighted by Gasteiger charge is -2.31. The number of rotatable bonds is 6. The summed E-state index contributed by atoms with van der Waals surface area (Å²) < 4.78 is 47.6. The van der Waals surface area contributed by atoms with E-state index in [0.717, 1.165) is 57.9 Å². The van der Waals surface area contributed by atoms with Crippen molar-refractivity contribution in [2.45, 2.75) is 63.3 Å². The van der Waals surface area contributed by atoms with Gasteiger partial charge in [-0.15, -0.1) is 0 Å². The average molecular weight is 536 g/mol. The lowest BCUT2D eigenvalue weighted by molar-refractivity contribution is -0.140. The first-order valence-electron chi connectivity index (χ1n) is 12.6. The van der Waals surface area contributed by atoms with E-state index in [1.165, 1.54) is 12.1 Å². The molecule has 37 heavy (non-hydrogen) atoms. The van der Waals surface area contributed by atoms with E-state index in [1.54, 1.807) is 18.5 Å². The number of nitrogens with one attached hydrogen (secondary N) is 2. The van der Waals surface area contributed by atoms with Crippen molar-refractivity contribution in [3.05, 3.63) is 52.9 Å². The summed E-state index contributed by atoms with van der Waals surface area (Å²) in [5.41, 5.74) is 0.112. The number of aromatic nitrogens is 3. The monoisotopic (exact) mass is 535 g/mol. The molecule has 11 heteroatoms. The summed E-state index contributed by atoms with van der Waals surface area (Å²) in [5.74, 6) is 0.302. The Morgan fingerprint density at radius 1 is 1.14 bits per heavy atom. The van der Waals surface area contributed by atoms with Crippen molar-refractivity contribution < 1.29 is 22.7 Å². The van der Waals surface area contributed by atoms with Gasteiger partial charge in [0.15, 0.2) is 0 Å². The van der Waals surface area contributed by atoms with Crippen molar-refractivity contribution in [2.75, 3.05) is 18.5 Å². The number of pyridine rings is 1. The van der Waals surface area contributed by atoms with Crippen molar-refractivity contribution in [2.24, 2.45) is 5.92 Å². The number of anilines is 1. The van der Waals surface area contributed by atoms with Crippen LogP contribution in [0.3, 0.4) is 0 Å². The Labute approximate surface area is 217 Å². The predicted molar refractivity (Wildman–Crippen MR) is 135 cm³/mol. The molecule has 198 valence electrons. The minimum absolute atomic E-state index is 0.101. The molecule has 1 aliphatic heterocycles. The highest BCUT2D eigenvalue weighted by Crippen LogP contribution is 2.35. The van der Waals surface area contributed by atoms with Gasteiger partial charge < -0.3 is 15.4 Å². The Hall–Kier alpha value is -2.85. The zero-order valence-electron chi connectivity index (χ0n) is 20.2. The van der Waals surface area contributed by atoms with Crippen molar-refractivity contribution in [3.63, 3.8) is 0 Å². The van der Waals surface area contributed by atoms with E-state index in [0.29, 0.717) is 34.0 Å². The van der Waals surface area contributed by atoms with E-state index in [-0.39, 0.29) is 23.5 Å². The molecule has 0 spiro atoms. The Balaban J connectivity index is 1.24. The predicted octanol–water partition coefficient (Wildman–Crippen LogP) is 5.68. The van der Waals surface area contributed by atoms with Gasteiger partial charge >= 0.3 is 6.18 Å². The topological polar surface area (TPSA) is 81.1 Å². The van der Waals surface area contributed by atoms with Crippen LogP contribution in [0, 0.1) is 5.92 Å². The summed E-state index contributed by atoms with van der Waals surface area (Å²) in [4.78, 5) is 16.7. The number of benzene rings is 1. The lowest BCUT2D eigenvalue weighted by Crippen LogP contribution is -2.41. The fourth-order valence-corrected chi connectivity index (χ4v) is 5.35. The van der Waals surface area contributed by atoms with Crippen LogP contribution in [-0.2, 0) is 17.5 Å². The van der Waals surface area contributed by atoms with Crippen molar-refractivity contribution in [3.8, 4) is 0 Å². The number of carbonyl (C=O) groups is 1. The molecule has 0 bridgehead atoms. The molecular formula is C26H29ClF3N5O2. The molecule has 2 atom stereocenters. The second-order valence-electron chi connectivity index (χ2n) is 9.90. The summed E-state index contributed by atoms with van der Waals surface area (Å²) in [6.45, 7) is 2.28. The van der Waals surface area contributed by atoms with Crippen LogP contribution in [0.15, 0.2) is 36.7 Å². The fraction of sp³-hybridized carbons (Fsp3) is 0.500. The van der Waals surface area contributed by atoms with Crippen LogP contribution in [0.5, 0.6) is 0 Å². The van der Waals surface area contributed by atoms with E-state index < -0.39 is 11.9 Å². The van der Waals surface area contributed by atoms with Gasteiger partial charge in [0.2, 0.25) is 0 Å². The molecule has 0 radical (unpaired) electrons. The maximum atomic E-state index is 13.5. The van der Waals surface area contributed by atoms with Gasteiger partial charge in [0.1, 0.15) is 5.69 Å². The number of amides is 1. The minimum atomic E-state index is -4.57. The lowest BCUT2D eigenvalue weighted by atomic mass is 9.90. The van der Waals surface area contributed by atoms with Gasteiger partial charge in [-0.3, -0.25) is 9.48 Å². The van der Waals surface area contributed by atoms with Gasteiger partial charge in [-0.2, -0.15) is 18.3 Å². The van der Waals surface area contributed by atoms with Gasteiger partial charge in [-0.25, -0.2) is 4.98 Å². The average Bonchev–Trinajstić information content (AvgIpc) is 3.33. The first-order chi connectivity index (χ1) is 17.7. The molecule has 1 aliphatic carbocycles. The highest BCUT2D eigenvalue weighted by Gasteiger charge is 2.34. The summed E-state index contributed by atoms with van der Waals surface area (Å²) in [6.07, 6.45) is 3.77. The van der Waals surface area contributed by atoms with Crippen LogP contribution in [0.4, 0.5) is 18.9 Å². The third-order valence-corrected chi connectivity index (χ3v) is 7.35. The Kier molecular flexibility index (Phi) is 7.57. The zero-order chi connectivity index (χ0) is 26.0. The van der Waals surface area contributed by atoms with Crippen LogP contribution in [0.2, 0.25) is 5.02 Å². The number of ether oxygens (including phenoxy) is 1. The SMILES string of the molecule is O=C(N[C@@H]1CCC[C@H](Nc2cc(C(F)(F)F)nc3ccc(Cl)cc23)C1)c1cnn(CC2CCOCC2)c1. The molecule has 2 aliphatic rings. The Morgan fingerprint density at radius 3 is 2.70 bits per heavy atom. The number of hydrogen-bond acceptors (Lipinski definition) is 5. The highest BCUT2D eigenvalue weighted by molar-refractivity contribution is 6.31. The number of nitrogens with zero attached hydrogens (tertiary/aromatic N) is 3. The van der Waals surface area contributed by atoms with E-state index >= 15 is 0 Å². The molecule has 2 N–H and O–H groups in total. The Morgan fingerprint density at radius 2 is 1.92 bits per heavy atom. The molecule has 2 aromatic heterocycles. The van der Waals surface area contributed by atoms with E-state index in [2.05, 4.69) is 20.7 Å². The van der Waals surface area contributed by atoms with Crippen LogP contribution in [0.25, 0.3) is 10.9 Å². The molecule has 5 rings (SSSR count). The molecule has 1 aromatic carbocycles. The standard InChI is InChI=1S/C26H29ClF3N5O2/c27-18-4-5-22-21(10-18)23(12-24(34-22)26(28,29)30)32-19-2-1-3-20(11-19)33-25(36)17-13-31-35(15-17)14-16-6-8-37-9-7-16/h4-5,10,12-13,15-16,19-20H,1-3,6-9,11,14H2,(H,32,34)(H,33,36)/t19-,20+/m0/s1. The Bertz CT molecular complexity index is 1260.